The minimum absolute atomic E-state index is 0.0201. The molecule has 2 rings (SSSR count). The monoisotopic (exact) mass is 216 g/mol. The number of rotatable bonds is 1. The van der Waals surface area contributed by atoms with Crippen LogP contribution in [0.1, 0.15) is 29.9 Å². The van der Waals surface area contributed by atoms with E-state index in [0.29, 0.717) is 5.56 Å². The summed E-state index contributed by atoms with van der Waals surface area (Å²) in [6.07, 6.45) is -2.57. The molecule has 0 amide bonds. The second kappa shape index (κ2) is 3.05. The third kappa shape index (κ3) is 1.86. The van der Waals surface area contributed by atoms with E-state index in [1.54, 1.807) is 6.07 Å². The summed E-state index contributed by atoms with van der Waals surface area (Å²) in [6.45, 7) is 0. The first-order valence-corrected chi connectivity index (χ1v) is 4.65. The molecule has 1 fully saturated rings. The molecule has 0 atom stereocenters. The second-order valence-corrected chi connectivity index (χ2v) is 3.84. The topological polar surface area (TPSA) is 52.0 Å². The van der Waals surface area contributed by atoms with Crippen molar-refractivity contribution in [2.75, 3.05) is 11.5 Å². The van der Waals surface area contributed by atoms with Gasteiger partial charge in [-0.3, -0.25) is 0 Å². The van der Waals surface area contributed by atoms with Gasteiger partial charge < -0.3 is 11.5 Å². The van der Waals surface area contributed by atoms with Crippen LogP contribution in [0.25, 0.3) is 0 Å². The number of benzene rings is 1. The molecule has 5 heteroatoms. The van der Waals surface area contributed by atoms with Gasteiger partial charge in [0.2, 0.25) is 0 Å². The summed E-state index contributed by atoms with van der Waals surface area (Å²) in [7, 11) is 0. The second-order valence-electron chi connectivity index (χ2n) is 3.84. The Morgan fingerprint density at radius 3 is 2.20 bits per heavy atom. The van der Waals surface area contributed by atoms with Gasteiger partial charge >= 0.3 is 6.18 Å². The number of halogens is 3. The van der Waals surface area contributed by atoms with Crippen molar-refractivity contribution in [1.82, 2.24) is 0 Å². The summed E-state index contributed by atoms with van der Waals surface area (Å²) in [5.74, 6) is 0.231. The van der Waals surface area contributed by atoms with E-state index < -0.39 is 11.7 Å². The molecule has 0 bridgehead atoms. The average Bonchev–Trinajstić information content (AvgIpc) is 2.90. The molecule has 1 aromatic carbocycles. The Labute approximate surface area is 85.1 Å². The summed E-state index contributed by atoms with van der Waals surface area (Å²) in [5, 5.41) is 0. The van der Waals surface area contributed by atoms with E-state index in [1.165, 1.54) is 0 Å². The van der Waals surface area contributed by atoms with Gasteiger partial charge in [0.15, 0.2) is 0 Å². The molecule has 2 nitrogen and oxygen atoms in total. The van der Waals surface area contributed by atoms with Crippen molar-refractivity contribution >= 4 is 11.4 Å². The highest BCUT2D eigenvalue weighted by Gasteiger charge is 2.35. The van der Waals surface area contributed by atoms with E-state index >= 15 is 0 Å². The number of anilines is 2. The number of alkyl halides is 3. The Morgan fingerprint density at radius 1 is 1.13 bits per heavy atom. The van der Waals surface area contributed by atoms with Crippen LogP contribution in [0.5, 0.6) is 0 Å². The van der Waals surface area contributed by atoms with E-state index in [1.807, 2.05) is 0 Å². The zero-order chi connectivity index (χ0) is 11.2. The van der Waals surface area contributed by atoms with Crippen LogP contribution in [0.3, 0.4) is 0 Å². The molecule has 0 radical (unpaired) electrons. The lowest BCUT2D eigenvalue weighted by Gasteiger charge is -2.13. The van der Waals surface area contributed by atoms with Crippen molar-refractivity contribution in [2.24, 2.45) is 0 Å². The summed E-state index contributed by atoms with van der Waals surface area (Å²) in [5.41, 5.74) is 10.3. The molecule has 1 saturated carbocycles. The van der Waals surface area contributed by atoms with Crippen LogP contribution in [0.2, 0.25) is 0 Å². The zero-order valence-corrected chi connectivity index (χ0v) is 7.93. The SMILES string of the molecule is Nc1cc(C2CC2)cc(C(F)(F)F)c1N. The standard InChI is InChI=1S/C10H11F3N2/c11-10(12,13)7-3-6(5-1-2-5)4-8(14)9(7)15/h3-5H,1-2,14-15H2. The maximum absolute atomic E-state index is 12.6. The molecule has 1 aromatic rings. The fourth-order valence-corrected chi connectivity index (χ4v) is 1.59. The van der Waals surface area contributed by atoms with E-state index in [4.69, 9.17) is 11.5 Å². The van der Waals surface area contributed by atoms with Gasteiger partial charge in [-0.25, -0.2) is 0 Å². The molecular weight excluding hydrogens is 205 g/mol. The molecule has 0 spiro atoms. The largest absolute Gasteiger partial charge is 0.418 e. The quantitative estimate of drug-likeness (QED) is 0.709. The number of nitrogen functional groups attached to an aromatic ring is 2. The zero-order valence-electron chi connectivity index (χ0n) is 7.93. The van der Waals surface area contributed by atoms with Gasteiger partial charge in [0.05, 0.1) is 16.9 Å². The molecule has 1 aliphatic rings. The van der Waals surface area contributed by atoms with Crippen LogP contribution < -0.4 is 11.5 Å². The maximum atomic E-state index is 12.6. The normalized spacial score (nSPS) is 16.7. The Kier molecular flexibility index (Phi) is 2.06. The molecule has 0 heterocycles. The van der Waals surface area contributed by atoms with Gasteiger partial charge in [-0.05, 0) is 36.5 Å². The van der Waals surface area contributed by atoms with Crippen molar-refractivity contribution in [1.29, 1.82) is 0 Å². The summed E-state index contributed by atoms with van der Waals surface area (Å²) >= 11 is 0. The minimum atomic E-state index is -4.43. The van der Waals surface area contributed by atoms with Gasteiger partial charge in [0.1, 0.15) is 0 Å². The van der Waals surface area contributed by atoms with Crippen LogP contribution in [-0.2, 0) is 6.18 Å². The predicted octanol–water partition coefficient (Wildman–Crippen LogP) is 2.75. The van der Waals surface area contributed by atoms with Gasteiger partial charge in [-0.15, -0.1) is 0 Å². The lowest BCUT2D eigenvalue weighted by atomic mass is 10.0. The van der Waals surface area contributed by atoms with Crippen LogP contribution >= 0.6 is 0 Å². The van der Waals surface area contributed by atoms with Gasteiger partial charge in [-0.2, -0.15) is 13.2 Å². The van der Waals surface area contributed by atoms with Crippen LogP contribution in [0.4, 0.5) is 24.5 Å². The van der Waals surface area contributed by atoms with E-state index in [9.17, 15) is 13.2 Å². The van der Waals surface area contributed by atoms with Gasteiger partial charge in [0.25, 0.3) is 0 Å². The lowest BCUT2D eigenvalue weighted by Crippen LogP contribution is -2.11. The summed E-state index contributed by atoms with van der Waals surface area (Å²) in [6, 6.07) is 2.66. The predicted molar refractivity (Wildman–Crippen MR) is 52.2 cm³/mol. The van der Waals surface area contributed by atoms with Crippen molar-refractivity contribution in [2.45, 2.75) is 24.9 Å². The van der Waals surface area contributed by atoms with E-state index in [-0.39, 0.29) is 17.3 Å². The molecule has 0 unspecified atom stereocenters. The van der Waals surface area contributed by atoms with Crippen molar-refractivity contribution < 1.29 is 13.2 Å². The highest BCUT2D eigenvalue weighted by molar-refractivity contribution is 5.69. The molecule has 0 aliphatic heterocycles. The summed E-state index contributed by atoms with van der Waals surface area (Å²) < 4.78 is 37.7. The van der Waals surface area contributed by atoms with E-state index in [0.717, 1.165) is 18.9 Å². The number of hydrogen-bond acceptors (Lipinski definition) is 2. The van der Waals surface area contributed by atoms with Crippen LogP contribution in [0.15, 0.2) is 12.1 Å². The fourth-order valence-electron chi connectivity index (χ4n) is 1.59. The fraction of sp³-hybridized carbons (Fsp3) is 0.400. The molecule has 4 N–H and O–H groups in total. The first-order valence-electron chi connectivity index (χ1n) is 4.65. The Hall–Kier alpha value is -1.39. The highest BCUT2D eigenvalue weighted by atomic mass is 19.4. The lowest BCUT2D eigenvalue weighted by molar-refractivity contribution is -0.136. The maximum Gasteiger partial charge on any atom is 0.418 e. The molecule has 1 aliphatic carbocycles. The van der Waals surface area contributed by atoms with Crippen molar-refractivity contribution in [3.63, 3.8) is 0 Å². The number of hydrogen-bond donors (Lipinski definition) is 2. The average molecular weight is 216 g/mol. The molecular formula is C10H11F3N2. The first-order chi connectivity index (χ1) is 6.89. The summed E-state index contributed by atoms with van der Waals surface area (Å²) in [4.78, 5) is 0. The van der Waals surface area contributed by atoms with Crippen molar-refractivity contribution in [3.8, 4) is 0 Å². The smallest absolute Gasteiger partial charge is 0.397 e. The van der Waals surface area contributed by atoms with Crippen molar-refractivity contribution in [3.05, 3.63) is 23.3 Å². The third-order valence-corrected chi connectivity index (χ3v) is 2.59. The number of nitrogens with two attached hydrogens (primary N) is 2. The molecule has 0 aromatic heterocycles. The van der Waals surface area contributed by atoms with Crippen LogP contribution in [0, 0.1) is 0 Å². The van der Waals surface area contributed by atoms with Gasteiger partial charge in [0, 0.05) is 0 Å². The van der Waals surface area contributed by atoms with Gasteiger partial charge in [-0.1, -0.05) is 0 Å². The molecule has 15 heavy (non-hydrogen) atoms. The highest BCUT2D eigenvalue weighted by Crippen LogP contribution is 2.45. The Balaban J connectivity index is 2.52. The Morgan fingerprint density at radius 2 is 1.73 bits per heavy atom. The van der Waals surface area contributed by atoms with E-state index in [2.05, 4.69) is 0 Å². The molecule has 82 valence electrons. The first kappa shape index (κ1) is 10.1. The molecule has 0 saturated heterocycles. The Bertz CT molecular complexity index is 394. The third-order valence-electron chi connectivity index (χ3n) is 2.59. The minimum Gasteiger partial charge on any atom is -0.397 e. The van der Waals surface area contributed by atoms with Crippen LogP contribution in [-0.4, -0.2) is 0 Å².